The Morgan fingerprint density at radius 2 is 1.55 bits per heavy atom. The Labute approximate surface area is 192 Å². The smallest absolute Gasteiger partial charge is 0.194 e. The molecule has 0 aliphatic heterocycles. The number of rotatable bonds is 15. The van der Waals surface area contributed by atoms with E-state index in [1.807, 2.05) is 11.3 Å². The summed E-state index contributed by atoms with van der Waals surface area (Å²) in [6.07, 6.45) is 20.2. The van der Waals surface area contributed by atoms with E-state index in [-0.39, 0.29) is 6.10 Å². The van der Waals surface area contributed by atoms with Gasteiger partial charge in [0.05, 0.1) is 11.8 Å². The number of fused-ring (bicyclic) bond motifs is 1. The molecule has 1 aromatic carbocycles. The van der Waals surface area contributed by atoms with Gasteiger partial charge >= 0.3 is 0 Å². The minimum Gasteiger partial charge on any atom is -0.491 e. The minimum atomic E-state index is 0.269. The molecule has 1 atom stereocenters. The van der Waals surface area contributed by atoms with Gasteiger partial charge in [0.25, 0.3) is 0 Å². The molecular formula is C27H40N2OS. The Hall–Kier alpha value is -1.81. The standard InChI is InChI=1S/C27H40N2OS/c1-4-6-8-10-11-13-15-25-20-29-21-26(28-27(29)31-25)23-16-18-24(19-17-23)30-22(3)14-12-9-7-5-2/h16-22H,4-15H2,1-3H3/t22-/m0/s1. The number of aromatic nitrogens is 2. The minimum absolute atomic E-state index is 0.269. The summed E-state index contributed by atoms with van der Waals surface area (Å²) in [5.41, 5.74) is 2.19. The van der Waals surface area contributed by atoms with Gasteiger partial charge in [0.1, 0.15) is 5.75 Å². The number of unbranched alkanes of at least 4 members (excludes halogenated alkanes) is 8. The second kappa shape index (κ2) is 12.9. The van der Waals surface area contributed by atoms with Crippen LogP contribution in [0.3, 0.4) is 0 Å². The van der Waals surface area contributed by atoms with E-state index in [0.29, 0.717) is 0 Å². The molecule has 0 N–H and O–H groups in total. The Balaban J connectivity index is 1.48. The van der Waals surface area contributed by atoms with Crippen molar-refractivity contribution in [2.24, 2.45) is 0 Å². The molecule has 4 heteroatoms. The molecule has 170 valence electrons. The molecule has 31 heavy (non-hydrogen) atoms. The van der Waals surface area contributed by atoms with Crippen LogP contribution < -0.4 is 4.74 Å². The zero-order valence-corrected chi connectivity index (χ0v) is 20.6. The first kappa shape index (κ1) is 23.8. The number of nitrogens with zero attached hydrogens (tertiary/aromatic N) is 2. The maximum absolute atomic E-state index is 6.09. The predicted molar refractivity (Wildman–Crippen MR) is 134 cm³/mol. The maximum atomic E-state index is 6.09. The fraction of sp³-hybridized carbons (Fsp3) is 0.593. The van der Waals surface area contributed by atoms with Crippen LogP contribution in [0, 0.1) is 0 Å². The lowest BCUT2D eigenvalue weighted by Crippen LogP contribution is -2.11. The molecule has 0 amide bonds. The van der Waals surface area contributed by atoms with Gasteiger partial charge in [-0.15, -0.1) is 11.3 Å². The van der Waals surface area contributed by atoms with Crippen LogP contribution in [0.15, 0.2) is 36.7 Å². The Bertz CT molecular complexity index is 849. The monoisotopic (exact) mass is 440 g/mol. The highest BCUT2D eigenvalue weighted by Crippen LogP contribution is 2.27. The maximum Gasteiger partial charge on any atom is 0.194 e. The van der Waals surface area contributed by atoms with E-state index in [2.05, 4.69) is 61.8 Å². The highest BCUT2D eigenvalue weighted by molar-refractivity contribution is 7.17. The van der Waals surface area contributed by atoms with E-state index >= 15 is 0 Å². The van der Waals surface area contributed by atoms with Crippen LogP contribution in [0.5, 0.6) is 5.75 Å². The SMILES string of the molecule is CCCCCCCCc1cn2cc(-c3ccc(O[C@@H](C)CCCCCC)cc3)nc2s1. The molecule has 3 nitrogen and oxygen atoms in total. The van der Waals surface area contributed by atoms with E-state index in [1.54, 1.807) is 0 Å². The normalized spacial score (nSPS) is 12.5. The average Bonchev–Trinajstić information content (AvgIpc) is 3.33. The molecule has 2 heterocycles. The van der Waals surface area contributed by atoms with Crippen molar-refractivity contribution in [1.29, 1.82) is 0 Å². The summed E-state index contributed by atoms with van der Waals surface area (Å²) >= 11 is 1.83. The zero-order chi connectivity index (χ0) is 21.9. The second-order valence-corrected chi connectivity index (χ2v) is 9.93. The van der Waals surface area contributed by atoms with Gasteiger partial charge in [0.15, 0.2) is 4.96 Å². The van der Waals surface area contributed by atoms with Crippen molar-refractivity contribution < 1.29 is 4.74 Å². The first-order valence-corrected chi connectivity index (χ1v) is 13.3. The third-order valence-corrected chi connectivity index (χ3v) is 6.99. The molecule has 0 fully saturated rings. The van der Waals surface area contributed by atoms with Crippen LogP contribution in [0.2, 0.25) is 0 Å². The number of aryl methyl sites for hydroxylation is 1. The molecule has 2 aromatic heterocycles. The van der Waals surface area contributed by atoms with Crippen LogP contribution in [-0.2, 0) is 6.42 Å². The number of hydrogen-bond acceptors (Lipinski definition) is 3. The fourth-order valence-electron chi connectivity index (χ4n) is 4.03. The van der Waals surface area contributed by atoms with E-state index in [4.69, 9.17) is 9.72 Å². The molecule has 3 rings (SSSR count). The quantitative estimate of drug-likeness (QED) is 0.221. The lowest BCUT2D eigenvalue weighted by atomic mass is 10.1. The van der Waals surface area contributed by atoms with Crippen LogP contribution >= 0.6 is 11.3 Å². The Morgan fingerprint density at radius 1 is 0.871 bits per heavy atom. The summed E-state index contributed by atoms with van der Waals surface area (Å²) in [6, 6.07) is 8.41. The van der Waals surface area contributed by atoms with Crippen molar-refractivity contribution in [2.75, 3.05) is 0 Å². The molecule has 3 aromatic rings. The Morgan fingerprint density at radius 3 is 2.26 bits per heavy atom. The zero-order valence-electron chi connectivity index (χ0n) is 19.7. The van der Waals surface area contributed by atoms with Crippen molar-refractivity contribution in [3.8, 4) is 17.0 Å². The molecule has 0 radical (unpaired) electrons. The number of ether oxygens (including phenoxy) is 1. The van der Waals surface area contributed by atoms with Crippen molar-refractivity contribution in [1.82, 2.24) is 9.38 Å². The van der Waals surface area contributed by atoms with Crippen molar-refractivity contribution in [3.05, 3.63) is 41.5 Å². The van der Waals surface area contributed by atoms with Gasteiger partial charge in [-0.3, -0.25) is 4.40 Å². The summed E-state index contributed by atoms with van der Waals surface area (Å²) in [5.74, 6) is 0.953. The topological polar surface area (TPSA) is 26.5 Å². The lowest BCUT2D eigenvalue weighted by Gasteiger charge is -2.14. The number of benzene rings is 1. The number of hydrogen-bond donors (Lipinski definition) is 0. The van der Waals surface area contributed by atoms with Crippen LogP contribution in [0.25, 0.3) is 16.2 Å². The van der Waals surface area contributed by atoms with Crippen LogP contribution in [-0.4, -0.2) is 15.5 Å². The van der Waals surface area contributed by atoms with Gasteiger partial charge in [0.2, 0.25) is 0 Å². The van der Waals surface area contributed by atoms with Gasteiger partial charge in [-0.2, -0.15) is 0 Å². The largest absolute Gasteiger partial charge is 0.491 e. The molecule has 0 aliphatic carbocycles. The molecule has 0 saturated carbocycles. The predicted octanol–water partition coefficient (Wildman–Crippen LogP) is 8.70. The highest BCUT2D eigenvalue weighted by atomic mass is 32.1. The van der Waals surface area contributed by atoms with Crippen molar-refractivity contribution >= 4 is 16.3 Å². The van der Waals surface area contributed by atoms with Gasteiger partial charge in [-0.1, -0.05) is 65.2 Å². The molecule has 0 spiro atoms. The van der Waals surface area contributed by atoms with Gasteiger partial charge in [-0.25, -0.2) is 4.98 Å². The van der Waals surface area contributed by atoms with E-state index in [9.17, 15) is 0 Å². The summed E-state index contributed by atoms with van der Waals surface area (Å²) in [4.78, 5) is 7.40. The first-order valence-electron chi connectivity index (χ1n) is 12.4. The third-order valence-electron chi connectivity index (χ3n) is 5.93. The van der Waals surface area contributed by atoms with Crippen molar-refractivity contribution in [2.45, 2.75) is 104 Å². The summed E-state index contributed by atoms with van der Waals surface area (Å²) in [6.45, 7) is 6.70. The summed E-state index contributed by atoms with van der Waals surface area (Å²) in [7, 11) is 0. The summed E-state index contributed by atoms with van der Waals surface area (Å²) < 4.78 is 8.28. The highest BCUT2D eigenvalue weighted by Gasteiger charge is 2.09. The molecule has 0 unspecified atom stereocenters. The van der Waals surface area contributed by atoms with Crippen LogP contribution in [0.1, 0.15) is 96.3 Å². The molecule has 0 saturated heterocycles. The molecule has 0 bridgehead atoms. The third kappa shape index (κ3) is 7.68. The molecular weight excluding hydrogens is 400 g/mol. The van der Waals surface area contributed by atoms with E-state index < -0.39 is 0 Å². The van der Waals surface area contributed by atoms with Crippen molar-refractivity contribution in [3.63, 3.8) is 0 Å². The second-order valence-electron chi connectivity index (χ2n) is 8.83. The van der Waals surface area contributed by atoms with Crippen LogP contribution in [0.4, 0.5) is 0 Å². The van der Waals surface area contributed by atoms with Gasteiger partial charge in [0, 0.05) is 22.8 Å². The van der Waals surface area contributed by atoms with Gasteiger partial charge < -0.3 is 4.74 Å². The Kier molecular flexibility index (Phi) is 9.92. The number of thiazole rings is 1. The van der Waals surface area contributed by atoms with Gasteiger partial charge in [-0.05, 0) is 56.9 Å². The number of imidazole rings is 1. The molecule has 0 aliphatic rings. The lowest BCUT2D eigenvalue weighted by molar-refractivity contribution is 0.206. The first-order chi connectivity index (χ1) is 15.2. The average molecular weight is 441 g/mol. The fourth-order valence-corrected chi connectivity index (χ4v) is 5.03. The van der Waals surface area contributed by atoms with E-state index in [0.717, 1.165) is 28.4 Å². The summed E-state index contributed by atoms with van der Waals surface area (Å²) in [5, 5.41) is 0. The van der Waals surface area contributed by atoms with E-state index in [1.165, 1.54) is 75.5 Å².